The van der Waals surface area contributed by atoms with Gasteiger partial charge < -0.3 is 5.32 Å². The van der Waals surface area contributed by atoms with E-state index in [0.29, 0.717) is 16.4 Å². The van der Waals surface area contributed by atoms with Crippen LogP contribution < -0.4 is 5.32 Å². The van der Waals surface area contributed by atoms with Crippen molar-refractivity contribution in [3.8, 4) is 11.8 Å². The highest BCUT2D eigenvalue weighted by molar-refractivity contribution is 7.99. The molecule has 0 spiro atoms. The molecule has 0 unspecified atom stereocenters. The summed E-state index contributed by atoms with van der Waals surface area (Å²) in [6.07, 6.45) is 1.62. The van der Waals surface area contributed by atoms with E-state index in [9.17, 15) is 4.79 Å². The molecule has 0 aliphatic carbocycles. The third kappa shape index (κ3) is 4.00. The average Bonchev–Trinajstić information content (AvgIpc) is 3.10. The van der Waals surface area contributed by atoms with Crippen molar-refractivity contribution in [2.75, 3.05) is 11.1 Å². The smallest absolute Gasteiger partial charge is 0.234 e. The highest BCUT2D eigenvalue weighted by atomic mass is 32.2. The number of anilines is 1. The van der Waals surface area contributed by atoms with Crippen molar-refractivity contribution in [2.45, 2.75) is 5.16 Å². The minimum Gasteiger partial charge on any atom is -0.325 e. The van der Waals surface area contributed by atoms with Crippen molar-refractivity contribution in [1.29, 1.82) is 5.26 Å². The van der Waals surface area contributed by atoms with Gasteiger partial charge in [-0.15, -0.1) is 5.10 Å². The van der Waals surface area contributed by atoms with Crippen LogP contribution in [0.3, 0.4) is 0 Å². The molecule has 7 heteroatoms. The van der Waals surface area contributed by atoms with Crippen LogP contribution >= 0.6 is 11.8 Å². The Morgan fingerprint density at radius 3 is 2.83 bits per heavy atom. The lowest BCUT2D eigenvalue weighted by atomic mass is 10.2. The van der Waals surface area contributed by atoms with Crippen molar-refractivity contribution in [3.63, 3.8) is 0 Å². The molecule has 6 nitrogen and oxygen atoms in total. The number of para-hydroxylation sites is 1. The van der Waals surface area contributed by atoms with Crippen molar-refractivity contribution in [2.24, 2.45) is 0 Å². The van der Waals surface area contributed by atoms with Gasteiger partial charge in [-0.3, -0.25) is 4.79 Å². The number of amides is 1. The summed E-state index contributed by atoms with van der Waals surface area (Å²) in [5, 5.41) is 16.5. The third-order valence-electron chi connectivity index (χ3n) is 3.10. The van der Waals surface area contributed by atoms with Crippen LogP contribution in [0, 0.1) is 11.3 Å². The van der Waals surface area contributed by atoms with Crippen molar-refractivity contribution in [3.05, 3.63) is 66.5 Å². The van der Waals surface area contributed by atoms with Crippen molar-refractivity contribution in [1.82, 2.24) is 14.8 Å². The second-order valence-electron chi connectivity index (χ2n) is 4.84. The Kier molecular flexibility index (Phi) is 4.89. The zero-order valence-corrected chi connectivity index (χ0v) is 13.4. The van der Waals surface area contributed by atoms with E-state index in [4.69, 9.17) is 5.26 Å². The van der Waals surface area contributed by atoms with Gasteiger partial charge in [-0.1, -0.05) is 36.0 Å². The monoisotopic (exact) mass is 335 g/mol. The predicted molar refractivity (Wildman–Crippen MR) is 91.9 cm³/mol. The summed E-state index contributed by atoms with van der Waals surface area (Å²) in [5.74, 6) is 0.0152. The highest BCUT2D eigenvalue weighted by Crippen LogP contribution is 2.15. The number of nitriles is 1. The molecular weight excluding hydrogens is 322 g/mol. The van der Waals surface area contributed by atoms with Crippen molar-refractivity contribution >= 4 is 23.4 Å². The number of benzene rings is 2. The molecule has 1 amide bonds. The summed E-state index contributed by atoms with van der Waals surface area (Å²) in [7, 11) is 0. The number of rotatable bonds is 5. The molecule has 0 bridgehead atoms. The first kappa shape index (κ1) is 15.8. The maximum absolute atomic E-state index is 12.0. The Labute approximate surface area is 143 Å². The number of hydrogen-bond acceptors (Lipinski definition) is 5. The Morgan fingerprint density at radius 2 is 2.04 bits per heavy atom. The number of aromatic nitrogens is 3. The second kappa shape index (κ2) is 7.44. The summed E-state index contributed by atoms with van der Waals surface area (Å²) in [4.78, 5) is 16.2. The van der Waals surface area contributed by atoms with Crippen LogP contribution in [0.2, 0.25) is 0 Å². The fourth-order valence-electron chi connectivity index (χ4n) is 2.01. The van der Waals surface area contributed by atoms with E-state index >= 15 is 0 Å². The van der Waals surface area contributed by atoms with Gasteiger partial charge in [0.25, 0.3) is 0 Å². The molecule has 0 radical (unpaired) electrons. The first-order valence-electron chi connectivity index (χ1n) is 7.14. The normalized spacial score (nSPS) is 10.1. The molecule has 0 atom stereocenters. The maximum Gasteiger partial charge on any atom is 0.234 e. The molecule has 2 aromatic carbocycles. The topological polar surface area (TPSA) is 83.6 Å². The molecule has 0 aliphatic heterocycles. The summed E-state index contributed by atoms with van der Waals surface area (Å²) >= 11 is 1.25. The largest absolute Gasteiger partial charge is 0.325 e. The SMILES string of the molecule is N#Cc1cccc(NC(=O)CSc2ncn(-c3ccccc3)n2)c1. The van der Waals surface area contributed by atoms with Gasteiger partial charge in [0.15, 0.2) is 0 Å². The number of nitrogens with one attached hydrogen (secondary N) is 1. The zero-order chi connectivity index (χ0) is 16.8. The van der Waals surface area contributed by atoms with Gasteiger partial charge >= 0.3 is 0 Å². The van der Waals surface area contributed by atoms with Gasteiger partial charge in [0.2, 0.25) is 11.1 Å². The molecule has 1 N–H and O–H groups in total. The fraction of sp³-hybridized carbons (Fsp3) is 0.0588. The van der Waals surface area contributed by atoms with E-state index in [0.717, 1.165) is 5.69 Å². The molecule has 3 aromatic rings. The molecule has 1 aromatic heterocycles. The van der Waals surface area contributed by atoms with E-state index < -0.39 is 0 Å². The number of nitrogens with zero attached hydrogens (tertiary/aromatic N) is 4. The third-order valence-corrected chi connectivity index (χ3v) is 3.95. The average molecular weight is 335 g/mol. The number of hydrogen-bond donors (Lipinski definition) is 1. The number of carbonyl (C=O) groups excluding carboxylic acids is 1. The van der Waals surface area contributed by atoms with Gasteiger partial charge in [-0.05, 0) is 30.3 Å². The Hall–Kier alpha value is -3.11. The Bertz CT molecular complexity index is 885. The maximum atomic E-state index is 12.0. The number of thioether (sulfide) groups is 1. The van der Waals surface area contributed by atoms with Gasteiger partial charge in [-0.2, -0.15) is 5.26 Å². The first-order chi connectivity index (χ1) is 11.7. The van der Waals surface area contributed by atoms with E-state index in [1.165, 1.54) is 11.8 Å². The molecule has 0 fully saturated rings. The molecular formula is C17H13N5OS. The minimum absolute atomic E-state index is 0.175. The number of carbonyl (C=O) groups is 1. The molecule has 3 rings (SSSR count). The fourth-order valence-corrected chi connectivity index (χ4v) is 2.61. The zero-order valence-electron chi connectivity index (χ0n) is 12.6. The quantitative estimate of drug-likeness (QED) is 0.725. The van der Waals surface area contributed by atoms with Crippen LogP contribution in [-0.2, 0) is 4.79 Å². The lowest BCUT2D eigenvalue weighted by molar-refractivity contribution is -0.113. The molecule has 1 heterocycles. The van der Waals surface area contributed by atoms with Gasteiger partial charge in [0.05, 0.1) is 23.1 Å². The van der Waals surface area contributed by atoms with E-state index in [-0.39, 0.29) is 11.7 Å². The molecule has 0 saturated carbocycles. The van der Waals surface area contributed by atoms with Crippen LogP contribution in [0.15, 0.2) is 66.1 Å². The van der Waals surface area contributed by atoms with Crippen LogP contribution in [0.4, 0.5) is 5.69 Å². The summed E-state index contributed by atoms with van der Waals surface area (Å²) in [6, 6.07) is 18.5. The summed E-state index contributed by atoms with van der Waals surface area (Å²) in [5.41, 5.74) is 2.01. The van der Waals surface area contributed by atoms with Gasteiger partial charge in [0.1, 0.15) is 6.33 Å². The minimum atomic E-state index is -0.175. The van der Waals surface area contributed by atoms with Crippen LogP contribution in [0.5, 0.6) is 0 Å². The molecule has 24 heavy (non-hydrogen) atoms. The van der Waals surface area contributed by atoms with Gasteiger partial charge in [-0.25, -0.2) is 9.67 Å². The first-order valence-corrected chi connectivity index (χ1v) is 8.13. The van der Waals surface area contributed by atoms with E-state index in [2.05, 4.69) is 15.4 Å². The molecule has 0 saturated heterocycles. The lowest BCUT2D eigenvalue weighted by Gasteiger charge is -2.04. The Morgan fingerprint density at radius 1 is 1.21 bits per heavy atom. The van der Waals surface area contributed by atoms with Crippen molar-refractivity contribution < 1.29 is 4.79 Å². The lowest BCUT2D eigenvalue weighted by Crippen LogP contribution is -2.14. The van der Waals surface area contributed by atoms with Crippen LogP contribution in [-0.4, -0.2) is 26.4 Å². The summed E-state index contributed by atoms with van der Waals surface area (Å²) in [6.45, 7) is 0. The second-order valence-corrected chi connectivity index (χ2v) is 5.78. The highest BCUT2D eigenvalue weighted by Gasteiger charge is 2.08. The van der Waals surface area contributed by atoms with E-state index in [1.807, 2.05) is 36.4 Å². The molecule has 118 valence electrons. The molecule has 0 aliphatic rings. The van der Waals surface area contributed by atoms with E-state index in [1.54, 1.807) is 35.3 Å². The van der Waals surface area contributed by atoms with Gasteiger partial charge in [0, 0.05) is 5.69 Å². The summed E-state index contributed by atoms with van der Waals surface area (Å²) < 4.78 is 1.66. The predicted octanol–water partition coefficient (Wildman–Crippen LogP) is 2.87. The van der Waals surface area contributed by atoms with Crippen LogP contribution in [0.25, 0.3) is 5.69 Å². The Balaban J connectivity index is 1.57. The van der Waals surface area contributed by atoms with Crippen LogP contribution in [0.1, 0.15) is 5.56 Å². The standard InChI is InChI=1S/C17H13N5OS/c18-10-13-5-4-6-14(9-13)20-16(23)11-24-17-19-12-22(21-17)15-7-2-1-3-8-15/h1-9,12H,11H2,(H,20,23).